The highest BCUT2D eigenvalue weighted by Crippen LogP contribution is 1.85. The molecule has 0 N–H and O–H groups in total. The predicted molar refractivity (Wildman–Crippen MR) is 32.1 cm³/mol. The lowest BCUT2D eigenvalue weighted by atomic mass is 10.3. The second-order valence-electron chi connectivity index (χ2n) is 1.26. The highest BCUT2D eigenvalue weighted by atomic mass is 16.1. The molecule has 0 amide bonds. The van der Waals surface area contributed by atoms with E-state index in [0.29, 0.717) is 5.57 Å². The molecule has 0 aliphatic rings. The molecule has 0 radical (unpaired) electrons. The summed E-state index contributed by atoms with van der Waals surface area (Å²) in [6.45, 7) is 5.04. The van der Waals surface area contributed by atoms with Gasteiger partial charge in [-0.1, -0.05) is 6.58 Å². The van der Waals surface area contributed by atoms with E-state index in [9.17, 15) is 4.79 Å². The Balaban J connectivity index is 4.48. The molecule has 0 aromatic carbocycles. The van der Waals surface area contributed by atoms with Gasteiger partial charge in [-0.25, -0.2) is 4.79 Å². The van der Waals surface area contributed by atoms with Crippen LogP contribution in [-0.4, -0.2) is 5.94 Å². The monoisotopic (exact) mass is 106 g/mol. The van der Waals surface area contributed by atoms with E-state index in [-0.39, 0.29) is 0 Å². The Labute approximate surface area is 48.3 Å². The van der Waals surface area contributed by atoms with E-state index in [1.807, 2.05) is 0 Å². The van der Waals surface area contributed by atoms with Crippen LogP contribution in [0.4, 0.5) is 0 Å². The molecule has 0 unspecified atom stereocenters. The average Bonchev–Trinajstić information content (AvgIpc) is 1.68. The number of carbonyl (C=O) groups excluding carboxylic acids is 1. The topological polar surface area (TPSA) is 17.1 Å². The SMILES string of the molecule is C=C=CC(C)=C=C=O. The summed E-state index contributed by atoms with van der Waals surface area (Å²) in [4.78, 5) is 9.56. The molecule has 0 aliphatic carbocycles. The molecular formula is C7H6O. The highest BCUT2D eigenvalue weighted by molar-refractivity contribution is 5.46. The van der Waals surface area contributed by atoms with Gasteiger partial charge in [0.2, 0.25) is 0 Å². The van der Waals surface area contributed by atoms with Crippen LogP contribution in [0.5, 0.6) is 0 Å². The molecule has 0 aromatic heterocycles. The van der Waals surface area contributed by atoms with Gasteiger partial charge in [0.1, 0.15) is 0 Å². The number of hydrogen-bond donors (Lipinski definition) is 0. The molecule has 8 heavy (non-hydrogen) atoms. The predicted octanol–water partition coefficient (Wildman–Crippen LogP) is 1.26. The normalized spacial score (nSPS) is 5.62. The van der Waals surface area contributed by atoms with Crippen molar-refractivity contribution in [3.05, 3.63) is 29.7 Å². The van der Waals surface area contributed by atoms with Crippen molar-refractivity contribution in [3.63, 3.8) is 0 Å². The lowest BCUT2D eigenvalue weighted by molar-refractivity contribution is 0.569. The third-order valence-electron chi connectivity index (χ3n) is 0.567. The first-order valence-corrected chi connectivity index (χ1v) is 2.14. The first-order valence-electron chi connectivity index (χ1n) is 2.14. The zero-order chi connectivity index (χ0) is 6.41. The molecule has 1 heteroatoms. The number of rotatable bonds is 1. The van der Waals surface area contributed by atoms with Crippen LogP contribution < -0.4 is 0 Å². The molecule has 0 atom stereocenters. The maximum absolute atomic E-state index is 9.56. The van der Waals surface area contributed by atoms with Crippen molar-refractivity contribution < 1.29 is 4.79 Å². The second-order valence-corrected chi connectivity index (χ2v) is 1.26. The van der Waals surface area contributed by atoms with Crippen LogP contribution in [0.1, 0.15) is 6.92 Å². The molecule has 0 spiro atoms. The molecule has 0 saturated heterocycles. The Morgan fingerprint density at radius 2 is 2.38 bits per heavy atom. The van der Waals surface area contributed by atoms with Crippen LogP contribution in [-0.2, 0) is 4.79 Å². The van der Waals surface area contributed by atoms with Crippen molar-refractivity contribution in [2.75, 3.05) is 0 Å². The van der Waals surface area contributed by atoms with Crippen LogP contribution in [0.15, 0.2) is 29.7 Å². The average molecular weight is 106 g/mol. The summed E-state index contributed by atoms with van der Waals surface area (Å²) in [5.74, 6) is 1.52. The van der Waals surface area contributed by atoms with Crippen molar-refractivity contribution in [2.45, 2.75) is 6.92 Å². The van der Waals surface area contributed by atoms with Crippen molar-refractivity contribution >= 4 is 5.94 Å². The first kappa shape index (κ1) is 6.75. The van der Waals surface area contributed by atoms with Crippen LogP contribution in [0.2, 0.25) is 0 Å². The zero-order valence-corrected chi connectivity index (χ0v) is 4.69. The van der Waals surface area contributed by atoms with E-state index < -0.39 is 0 Å². The van der Waals surface area contributed by atoms with Crippen molar-refractivity contribution in [1.82, 2.24) is 0 Å². The molecule has 0 saturated carbocycles. The largest absolute Gasteiger partial charge is 0.224 e. The Hall–Kier alpha value is -1.25. The number of allylic oxidation sites excluding steroid dienone is 2. The minimum atomic E-state index is 0.690. The Morgan fingerprint density at radius 3 is 2.75 bits per heavy atom. The fourth-order valence-corrected chi connectivity index (χ4v) is 0.270. The van der Waals surface area contributed by atoms with Crippen molar-refractivity contribution in [2.24, 2.45) is 0 Å². The van der Waals surface area contributed by atoms with E-state index in [4.69, 9.17) is 0 Å². The molecular weight excluding hydrogens is 100 g/mol. The van der Waals surface area contributed by atoms with Gasteiger partial charge in [-0.15, -0.1) is 5.73 Å². The van der Waals surface area contributed by atoms with Crippen molar-refractivity contribution in [3.8, 4) is 0 Å². The van der Waals surface area contributed by atoms with E-state index in [0.717, 1.165) is 0 Å². The molecule has 0 rings (SSSR count). The summed E-state index contributed by atoms with van der Waals surface area (Å²) in [5, 5.41) is 0. The lowest BCUT2D eigenvalue weighted by Gasteiger charge is -1.71. The van der Waals surface area contributed by atoms with Gasteiger partial charge < -0.3 is 0 Å². The summed E-state index contributed by atoms with van der Waals surface area (Å²) in [5.41, 5.74) is 5.49. The van der Waals surface area contributed by atoms with Gasteiger partial charge in [-0.2, -0.15) is 0 Å². The van der Waals surface area contributed by atoms with Crippen molar-refractivity contribution in [1.29, 1.82) is 0 Å². The molecule has 1 nitrogen and oxygen atoms in total. The third kappa shape index (κ3) is 2.96. The molecule has 0 heterocycles. The van der Waals surface area contributed by atoms with E-state index in [1.165, 1.54) is 5.94 Å². The fourth-order valence-electron chi connectivity index (χ4n) is 0.270. The van der Waals surface area contributed by atoms with Crippen LogP contribution in [0, 0.1) is 0 Å². The smallest absolute Gasteiger partial charge is 0.177 e. The van der Waals surface area contributed by atoms with Crippen LogP contribution >= 0.6 is 0 Å². The summed E-state index contributed by atoms with van der Waals surface area (Å²) in [6.07, 6.45) is 1.56. The standard InChI is InChI=1S/C7H6O/c1-3-4-7(2)5-6-8/h4H,1H2,2H3. The summed E-state index contributed by atoms with van der Waals surface area (Å²) >= 11 is 0. The maximum Gasteiger partial charge on any atom is 0.177 e. The minimum absolute atomic E-state index is 0.690. The van der Waals surface area contributed by atoms with Gasteiger partial charge in [0.15, 0.2) is 5.94 Å². The number of hydrogen-bond acceptors (Lipinski definition) is 1. The second kappa shape index (κ2) is 3.92. The fraction of sp³-hybridized carbons (Fsp3) is 0.143. The maximum atomic E-state index is 9.56. The van der Waals surface area contributed by atoms with Gasteiger partial charge in [0.05, 0.1) is 0 Å². The quantitative estimate of drug-likeness (QED) is 0.279. The molecule has 40 valence electrons. The van der Waals surface area contributed by atoms with Gasteiger partial charge >= 0.3 is 0 Å². The van der Waals surface area contributed by atoms with Crippen LogP contribution in [0.3, 0.4) is 0 Å². The van der Waals surface area contributed by atoms with E-state index in [1.54, 1.807) is 13.0 Å². The van der Waals surface area contributed by atoms with Crippen LogP contribution in [0.25, 0.3) is 0 Å². The molecule has 0 bridgehead atoms. The highest BCUT2D eigenvalue weighted by Gasteiger charge is 1.70. The first-order chi connectivity index (χ1) is 3.81. The molecule has 0 aromatic rings. The van der Waals surface area contributed by atoms with Gasteiger partial charge in [-0.3, -0.25) is 0 Å². The summed E-state index contributed by atoms with van der Waals surface area (Å²) in [6, 6.07) is 0. The molecule has 0 fully saturated rings. The van der Waals surface area contributed by atoms with Gasteiger partial charge in [-0.05, 0) is 18.7 Å². The molecule has 0 aliphatic heterocycles. The minimum Gasteiger partial charge on any atom is -0.224 e. The van der Waals surface area contributed by atoms with Gasteiger partial charge in [0, 0.05) is 5.57 Å². The van der Waals surface area contributed by atoms with E-state index in [2.05, 4.69) is 18.0 Å². The third-order valence-corrected chi connectivity index (χ3v) is 0.567. The Kier molecular flexibility index (Phi) is 3.31. The van der Waals surface area contributed by atoms with E-state index >= 15 is 0 Å². The Bertz CT molecular complexity index is 194. The Morgan fingerprint density at radius 1 is 1.75 bits per heavy atom. The van der Waals surface area contributed by atoms with Gasteiger partial charge in [0.25, 0.3) is 0 Å². The summed E-state index contributed by atoms with van der Waals surface area (Å²) < 4.78 is 0. The zero-order valence-electron chi connectivity index (χ0n) is 4.69. The lowest BCUT2D eigenvalue weighted by Crippen LogP contribution is -1.57. The summed E-state index contributed by atoms with van der Waals surface area (Å²) in [7, 11) is 0.